The topological polar surface area (TPSA) is 119 Å². The maximum Gasteiger partial charge on any atom is 0.276 e. The fourth-order valence-electron chi connectivity index (χ4n) is 0.992. The standard InChI is InChI=1S/C8H8N6O2/c9-12-7-2-1-6(13-14-7)8(15)11-5-3-10-16-4-5/h1-4H,9H2,(H,11,15)(H,12,14). The molecule has 2 aromatic heterocycles. The van der Waals surface area contributed by atoms with Gasteiger partial charge in [-0.25, -0.2) is 5.84 Å². The largest absolute Gasteiger partial charge is 0.363 e. The molecule has 0 saturated carbocycles. The third kappa shape index (κ3) is 2.12. The second-order valence-electron chi connectivity index (χ2n) is 2.82. The highest BCUT2D eigenvalue weighted by Gasteiger charge is 2.09. The monoisotopic (exact) mass is 220 g/mol. The Bertz CT molecular complexity index is 466. The van der Waals surface area contributed by atoms with Crippen LogP contribution in [-0.4, -0.2) is 21.3 Å². The highest BCUT2D eigenvalue weighted by molar-refractivity contribution is 6.02. The third-order valence-electron chi connectivity index (χ3n) is 1.74. The Labute approximate surface area is 89.8 Å². The number of carbonyl (C=O) groups is 1. The first-order chi connectivity index (χ1) is 7.79. The van der Waals surface area contributed by atoms with Gasteiger partial charge in [-0.1, -0.05) is 5.16 Å². The molecule has 0 atom stereocenters. The first-order valence-electron chi connectivity index (χ1n) is 4.30. The second-order valence-corrected chi connectivity index (χ2v) is 2.82. The number of nitrogens with one attached hydrogen (secondary N) is 2. The molecule has 2 heterocycles. The number of hydrazine groups is 1. The van der Waals surface area contributed by atoms with Gasteiger partial charge in [0.25, 0.3) is 5.91 Å². The molecule has 8 nitrogen and oxygen atoms in total. The Morgan fingerprint density at radius 1 is 1.38 bits per heavy atom. The quantitative estimate of drug-likeness (QED) is 0.492. The highest BCUT2D eigenvalue weighted by atomic mass is 16.5. The van der Waals surface area contributed by atoms with Crippen molar-refractivity contribution in [1.82, 2.24) is 15.4 Å². The SMILES string of the molecule is NNc1ccc(C(=O)Nc2cnoc2)nn1. The van der Waals surface area contributed by atoms with E-state index >= 15 is 0 Å². The molecule has 0 spiro atoms. The predicted octanol–water partition coefficient (Wildman–Crippen LogP) is 0.00250. The van der Waals surface area contributed by atoms with Crippen LogP contribution in [0.3, 0.4) is 0 Å². The molecule has 0 saturated heterocycles. The number of hydrogen-bond acceptors (Lipinski definition) is 7. The number of hydrogen-bond donors (Lipinski definition) is 3. The number of rotatable bonds is 3. The normalized spacial score (nSPS) is 9.81. The fourth-order valence-corrected chi connectivity index (χ4v) is 0.992. The van der Waals surface area contributed by atoms with Crippen molar-refractivity contribution >= 4 is 17.4 Å². The molecule has 0 bridgehead atoms. The summed E-state index contributed by atoms with van der Waals surface area (Å²) in [6, 6.07) is 3.03. The molecule has 4 N–H and O–H groups in total. The fraction of sp³-hybridized carbons (Fsp3) is 0. The summed E-state index contributed by atoms with van der Waals surface area (Å²) < 4.78 is 4.56. The lowest BCUT2D eigenvalue weighted by Gasteiger charge is -2.01. The number of anilines is 2. The van der Waals surface area contributed by atoms with Crippen molar-refractivity contribution in [3.63, 3.8) is 0 Å². The van der Waals surface area contributed by atoms with Crippen LogP contribution in [-0.2, 0) is 0 Å². The maximum absolute atomic E-state index is 11.6. The van der Waals surface area contributed by atoms with E-state index < -0.39 is 5.91 Å². The average molecular weight is 220 g/mol. The maximum atomic E-state index is 11.6. The molecule has 1 amide bonds. The van der Waals surface area contributed by atoms with E-state index in [2.05, 4.69) is 30.6 Å². The van der Waals surface area contributed by atoms with Gasteiger partial charge < -0.3 is 15.3 Å². The first-order valence-corrected chi connectivity index (χ1v) is 4.30. The van der Waals surface area contributed by atoms with Crippen LogP contribution in [0.15, 0.2) is 29.1 Å². The zero-order valence-corrected chi connectivity index (χ0v) is 8.04. The summed E-state index contributed by atoms with van der Waals surface area (Å²) in [6.07, 6.45) is 2.68. The van der Waals surface area contributed by atoms with Crippen LogP contribution in [0.25, 0.3) is 0 Å². The molecule has 82 valence electrons. The summed E-state index contributed by atoms with van der Waals surface area (Å²) in [7, 11) is 0. The van der Waals surface area contributed by atoms with E-state index in [1.165, 1.54) is 24.6 Å². The molecular weight excluding hydrogens is 212 g/mol. The number of nitrogens with two attached hydrogens (primary N) is 1. The number of aromatic nitrogens is 3. The van der Waals surface area contributed by atoms with Gasteiger partial charge in [-0.15, -0.1) is 10.2 Å². The van der Waals surface area contributed by atoms with E-state index in [1.54, 1.807) is 0 Å². The Balaban J connectivity index is 2.09. The molecular formula is C8H8N6O2. The molecule has 0 radical (unpaired) electrons. The smallest absolute Gasteiger partial charge is 0.276 e. The van der Waals surface area contributed by atoms with Gasteiger partial charge in [0.15, 0.2) is 11.5 Å². The summed E-state index contributed by atoms with van der Waals surface area (Å²) in [4.78, 5) is 11.6. The van der Waals surface area contributed by atoms with E-state index in [4.69, 9.17) is 5.84 Å². The van der Waals surface area contributed by atoms with Crippen LogP contribution in [0.5, 0.6) is 0 Å². The van der Waals surface area contributed by atoms with E-state index in [-0.39, 0.29) is 5.69 Å². The number of nitrogens with zero attached hydrogens (tertiary/aromatic N) is 3. The van der Waals surface area contributed by atoms with Crippen LogP contribution in [0, 0.1) is 0 Å². The van der Waals surface area contributed by atoms with E-state index in [1.807, 2.05) is 0 Å². The molecule has 0 aliphatic carbocycles. The summed E-state index contributed by atoms with van der Waals surface area (Å²) in [5.41, 5.74) is 2.93. The summed E-state index contributed by atoms with van der Waals surface area (Å²) in [5, 5.41) is 13.3. The first kappa shape index (κ1) is 10.1. The lowest BCUT2D eigenvalue weighted by Crippen LogP contribution is -2.15. The van der Waals surface area contributed by atoms with Crippen molar-refractivity contribution in [1.29, 1.82) is 0 Å². The van der Waals surface area contributed by atoms with E-state index in [9.17, 15) is 4.79 Å². The predicted molar refractivity (Wildman–Crippen MR) is 54.3 cm³/mol. The summed E-state index contributed by atoms with van der Waals surface area (Å²) in [6.45, 7) is 0. The molecule has 0 unspecified atom stereocenters. The molecule has 0 fully saturated rings. The zero-order valence-electron chi connectivity index (χ0n) is 8.04. The number of carbonyl (C=O) groups excluding carboxylic acids is 1. The molecule has 8 heteroatoms. The molecule has 2 aromatic rings. The third-order valence-corrected chi connectivity index (χ3v) is 1.74. The van der Waals surface area contributed by atoms with Crippen molar-refractivity contribution in [2.24, 2.45) is 5.84 Å². The highest BCUT2D eigenvalue weighted by Crippen LogP contribution is 2.06. The number of amides is 1. The molecule has 0 aliphatic heterocycles. The summed E-state index contributed by atoms with van der Waals surface area (Å²) >= 11 is 0. The molecule has 2 rings (SSSR count). The minimum atomic E-state index is -0.403. The van der Waals surface area contributed by atoms with Crippen molar-refractivity contribution < 1.29 is 9.32 Å². The van der Waals surface area contributed by atoms with Gasteiger partial charge in [-0.3, -0.25) is 4.79 Å². The zero-order chi connectivity index (χ0) is 11.4. The van der Waals surface area contributed by atoms with Gasteiger partial charge in [0, 0.05) is 0 Å². The Morgan fingerprint density at radius 2 is 2.25 bits per heavy atom. The van der Waals surface area contributed by atoms with Crippen molar-refractivity contribution in [2.45, 2.75) is 0 Å². The van der Waals surface area contributed by atoms with Gasteiger partial charge in [0.05, 0.1) is 6.20 Å². The van der Waals surface area contributed by atoms with Gasteiger partial charge in [-0.05, 0) is 12.1 Å². The average Bonchev–Trinajstić information content (AvgIpc) is 2.82. The lowest BCUT2D eigenvalue weighted by molar-refractivity contribution is 0.102. The van der Waals surface area contributed by atoms with E-state index in [0.717, 1.165) is 0 Å². The van der Waals surface area contributed by atoms with Crippen molar-refractivity contribution in [3.8, 4) is 0 Å². The molecule has 0 aliphatic rings. The van der Waals surface area contributed by atoms with Crippen LogP contribution in [0.4, 0.5) is 11.5 Å². The Morgan fingerprint density at radius 3 is 2.81 bits per heavy atom. The number of nitrogen functional groups attached to an aromatic ring is 1. The van der Waals surface area contributed by atoms with E-state index in [0.29, 0.717) is 11.5 Å². The molecule has 0 aromatic carbocycles. The Hall–Kier alpha value is -2.48. The van der Waals surface area contributed by atoms with Gasteiger partial charge in [0.2, 0.25) is 0 Å². The second kappa shape index (κ2) is 4.36. The lowest BCUT2D eigenvalue weighted by atomic mass is 10.3. The van der Waals surface area contributed by atoms with Crippen LogP contribution in [0.1, 0.15) is 10.5 Å². The van der Waals surface area contributed by atoms with Crippen LogP contribution in [0.2, 0.25) is 0 Å². The van der Waals surface area contributed by atoms with Gasteiger partial charge in [-0.2, -0.15) is 0 Å². The van der Waals surface area contributed by atoms with Crippen LogP contribution >= 0.6 is 0 Å². The minimum Gasteiger partial charge on any atom is -0.363 e. The minimum absolute atomic E-state index is 0.167. The van der Waals surface area contributed by atoms with Crippen molar-refractivity contribution in [2.75, 3.05) is 10.7 Å². The Kier molecular flexibility index (Phi) is 2.74. The molecule has 16 heavy (non-hydrogen) atoms. The van der Waals surface area contributed by atoms with Gasteiger partial charge in [0.1, 0.15) is 12.0 Å². The van der Waals surface area contributed by atoms with Crippen molar-refractivity contribution in [3.05, 3.63) is 30.3 Å². The summed E-state index contributed by atoms with van der Waals surface area (Å²) in [5.74, 6) is 5.08. The van der Waals surface area contributed by atoms with Crippen LogP contribution < -0.4 is 16.6 Å². The van der Waals surface area contributed by atoms with Gasteiger partial charge >= 0.3 is 0 Å².